The number of thiazole rings is 1. The van der Waals surface area contributed by atoms with Gasteiger partial charge in [-0.15, -0.1) is 11.3 Å². The maximum Gasteiger partial charge on any atom is 0.0935 e. The molecular weight excluding hydrogens is 234 g/mol. The van der Waals surface area contributed by atoms with Crippen molar-refractivity contribution in [3.63, 3.8) is 0 Å². The van der Waals surface area contributed by atoms with Crippen LogP contribution in [-0.2, 0) is 6.42 Å². The average molecular weight is 248 g/mol. The van der Waals surface area contributed by atoms with Crippen LogP contribution in [0.1, 0.15) is 25.3 Å². The number of hydrogen-bond donors (Lipinski definition) is 0. The number of nitrogens with zero attached hydrogens (tertiary/aromatic N) is 1. The topological polar surface area (TPSA) is 12.9 Å². The van der Waals surface area contributed by atoms with E-state index in [-0.39, 0.29) is 0 Å². The third kappa shape index (κ3) is 3.68. The van der Waals surface area contributed by atoms with Crippen molar-refractivity contribution in [3.05, 3.63) is 16.6 Å². The van der Waals surface area contributed by atoms with Gasteiger partial charge in [-0.05, 0) is 12.3 Å². The fourth-order valence-corrected chi connectivity index (χ4v) is 3.10. The molecule has 12 heavy (non-hydrogen) atoms. The zero-order valence-electron chi connectivity index (χ0n) is 7.46. The van der Waals surface area contributed by atoms with Gasteiger partial charge in [0.05, 0.1) is 5.01 Å². The zero-order valence-corrected chi connectivity index (χ0v) is 9.86. The molecule has 0 aromatic carbocycles. The molecule has 0 radical (unpaired) electrons. The van der Waals surface area contributed by atoms with Crippen LogP contribution in [0.3, 0.4) is 0 Å². The molecule has 1 rings (SSSR count). The Balaban J connectivity index is 2.32. The van der Waals surface area contributed by atoms with Crippen LogP contribution in [0.2, 0.25) is 0 Å². The Morgan fingerprint density at radius 3 is 2.83 bits per heavy atom. The summed E-state index contributed by atoms with van der Waals surface area (Å²) in [5, 5.41) is 3.27. The molecule has 0 N–H and O–H groups in total. The van der Waals surface area contributed by atoms with Crippen LogP contribution in [0.15, 0.2) is 11.6 Å². The van der Waals surface area contributed by atoms with E-state index < -0.39 is 0 Å². The molecule has 0 aliphatic heterocycles. The van der Waals surface area contributed by atoms with Crippen LogP contribution >= 0.6 is 27.3 Å². The van der Waals surface area contributed by atoms with Gasteiger partial charge in [-0.1, -0.05) is 29.8 Å². The lowest BCUT2D eigenvalue weighted by Crippen LogP contribution is -2.06. The van der Waals surface area contributed by atoms with Crippen molar-refractivity contribution >= 4 is 27.3 Å². The molecule has 1 heterocycles. The van der Waals surface area contributed by atoms with Gasteiger partial charge in [0.1, 0.15) is 0 Å². The minimum Gasteiger partial charge on any atom is -0.250 e. The number of rotatable bonds is 4. The number of aromatic nitrogens is 1. The second kappa shape index (κ2) is 4.97. The lowest BCUT2D eigenvalue weighted by atomic mass is 10.1. The zero-order chi connectivity index (χ0) is 8.97. The minimum atomic E-state index is 0.587. The summed E-state index contributed by atoms with van der Waals surface area (Å²) in [7, 11) is 0. The first kappa shape index (κ1) is 10.2. The van der Waals surface area contributed by atoms with Gasteiger partial charge in [-0.3, -0.25) is 0 Å². The highest BCUT2D eigenvalue weighted by atomic mass is 79.9. The van der Waals surface area contributed by atoms with E-state index in [1.165, 1.54) is 11.4 Å². The molecule has 3 heteroatoms. The van der Waals surface area contributed by atoms with E-state index in [1.807, 2.05) is 11.6 Å². The van der Waals surface area contributed by atoms with Crippen molar-refractivity contribution in [3.8, 4) is 0 Å². The van der Waals surface area contributed by atoms with Crippen LogP contribution < -0.4 is 0 Å². The third-order valence-electron chi connectivity index (χ3n) is 1.61. The van der Waals surface area contributed by atoms with Crippen molar-refractivity contribution in [2.24, 2.45) is 5.92 Å². The van der Waals surface area contributed by atoms with E-state index in [0.29, 0.717) is 4.83 Å². The van der Waals surface area contributed by atoms with E-state index in [9.17, 15) is 0 Å². The molecule has 1 unspecified atom stereocenters. The van der Waals surface area contributed by atoms with Crippen molar-refractivity contribution in [1.82, 2.24) is 4.98 Å². The second-order valence-corrected chi connectivity index (χ2v) is 5.63. The lowest BCUT2D eigenvalue weighted by Gasteiger charge is -2.09. The Kier molecular flexibility index (Phi) is 4.22. The number of halogens is 1. The van der Waals surface area contributed by atoms with Gasteiger partial charge in [-0.2, -0.15) is 0 Å². The molecule has 0 aliphatic carbocycles. The first-order chi connectivity index (χ1) is 5.68. The fourth-order valence-electron chi connectivity index (χ4n) is 1.14. The molecule has 1 aromatic rings. The largest absolute Gasteiger partial charge is 0.250 e. The van der Waals surface area contributed by atoms with E-state index in [2.05, 4.69) is 34.8 Å². The van der Waals surface area contributed by atoms with Gasteiger partial charge < -0.3 is 0 Å². The predicted molar refractivity (Wildman–Crippen MR) is 58.0 cm³/mol. The van der Waals surface area contributed by atoms with Gasteiger partial charge in [-0.25, -0.2) is 4.98 Å². The van der Waals surface area contributed by atoms with Gasteiger partial charge in [0.15, 0.2) is 0 Å². The molecular formula is C9H14BrNS. The molecule has 1 atom stereocenters. The summed E-state index contributed by atoms with van der Waals surface area (Å²) in [6.45, 7) is 4.49. The van der Waals surface area contributed by atoms with Crippen molar-refractivity contribution in [2.45, 2.75) is 31.5 Å². The molecule has 68 valence electrons. The molecule has 0 saturated heterocycles. The van der Waals surface area contributed by atoms with E-state index in [0.717, 1.165) is 12.3 Å². The maximum absolute atomic E-state index is 4.25. The quantitative estimate of drug-likeness (QED) is 0.743. The Labute approximate surface area is 86.3 Å². The van der Waals surface area contributed by atoms with Gasteiger partial charge in [0.2, 0.25) is 0 Å². The van der Waals surface area contributed by atoms with Crippen molar-refractivity contribution in [2.75, 3.05) is 0 Å². The Morgan fingerprint density at radius 2 is 2.33 bits per heavy atom. The molecule has 0 spiro atoms. The summed E-state index contributed by atoms with van der Waals surface area (Å²) in [6.07, 6.45) is 4.16. The normalized spacial score (nSPS) is 13.7. The van der Waals surface area contributed by atoms with Crippen LogP contribution in [0.25, 0.3) is 0 Å². The summed E-state index contributed by atoms with van der Waals surface area (Å²) in [5.74, 6) is 0.759. The molecule has 0 amide bonds. The smallest absolute Gasteiger partial charge is 0.0935 e. The summed E-state index contributed by atoms with van der Waals surface area (Å²) in [6, 6.07) is 0. The first-order valence-corrected chi connectivity index (χ1v) is 6.00. The minimum absolute atomic E-state index is 0.587. The molecule has 1 nitrogen and oxygen atoms in total. The van der Waals surface area contributed by atoms with Crippen LogP contribution in [0.5, 0.6) is 0 Å². The summed E-state index contributed by atoms with van der Waals surface area (Å²) in [5.41, 5.74) is 0. The number of hydrogen-bond acceptors (Lipinski definition) is 2. The summed E-state index contributed by atoms with van der Waals surface area (Å²) in [4.78, 5) is 4.84. The Morgan fingerprint density at radius 1 is 1.58 bits per heavy atom. The maximum atomic E-state index is 4.25. The van der Waals surface area contributed by atoms with E-state index in [1.54, 1.807) is 11.3 Å². The highest BCUT2D eigenvalue weighted by Gasteiger charge is 2.08. The first-order valence-electron chi connectivity index (χ1n) is 4.21. The Hall–Kier alpha value is 0.110. The highest BCUT2D eigenvalue weighted by molar-refractivity contribution is 9.09. The van der Waals surface area contributed by atoms with E-state index in [4.69, 9.17) is 0 Å². The fraction of sp³-hybridized carbons (Fsp3) is 0.667. The van der Waals surface area contributed by atoms with Gasteiger partial charge in [0.25, 0.3) is 0 Å². The SMILES string of the molecule is CC(C)CC(Br)Cc1nccs1. The van der Waals surface area contributed by atoms with Crippen LogP contribution in [-0.4, -0.2) is 9.81 Å². The third-order valence-corrected chi connectivity index (χ3v) is 3.11. The van der Waals surface area contributed by atoms with Crippen molar-refractivity contribution in [1.29, 1.82) is 0 Å². The van der Waals surface area contributed by atoms with Crippen molar-refractivity contribution < 1.29 is 0 Å². The standard InChI is InChI=1S/C9H14BrNS/c1-7(2)5-8(10)6-9-11-3-4-12-9/h3-4,7-8H,5-6H2,1-2H3. The van der Waals surface area contributed by atoms with Crippen LogP contribution in [0, 0.1) is 5.92 Å². The van der Waals surface area contributed by atoms with Gasteiger partial charge in [0, 0.05) is 22.8 Å². The van der Waals surface area contributed by atoms with E-state index >= 15 is 0 Å². The summed E-state index contributed by atoms with van der Waals surface area (Å²) < 4.78 is 0. The summed E-state index contributed by atoms with van der Waals surface area (Å²) >= 11 is 5.40. The van der Waals surface area contributed by atoms with Crippen LogP contribution in [0.4, 0.5) is 0 Å². The monoisotopic (exact) mass is 247 g/mol. The number of alkyl halides is 1. The molecule has 0 fully saturated rings. The highest BCUT2D eigenvalue weighted by Crippen LogP contribution is 2.18. The molecule has 1 aromatic heterocycles. The average Bonchev–Trinajstić information content (AvgIpc) is 2.37. The molecule has 0 bridgehead atoms. The second-order valence-electron chi connectivity index (χ2n) is 3.36. The molecule has 0 saturated carbocycles. The van der Waals surface area contributed by atoms with Gasteiger partial charge >= 0.3 is 0 Å². The lowest BCUT2D eigenvalue weighted by molar-refractivity contribution is 0.570. The predicted octanol–water partition coefficient (Wildman–Crippen LogP) is 3.50. The molecule has 0 aliphatic rings. The Bertz CT molecular complexity index is 208.